The van der Waals surface area contributed by atoms with Crippen LogP contribution in [0.5, 0.6) is 5.75 Å². The normalized spacial score (nSPS) is 10.5. The zero-order chi connectivity index (χ0) is 22.4. The Balaban J connectivity index is 1.78. The summed E-state index contributed by atoms with van der Waals surface area (Å²) in [4.78, 5) is 4.35. The first-order chi connectivity index (χ1) is 14.9. The van der Waals surface area contributed by atoms with Crippen molar-refractivity contribution in [2.24, 2.45) is 11.5 Å². The van der Waals surface area contributed by atoms with Gasteiger partial charge in [-0.1, -0.05) is 24.3 Å². The molecule has 0 aliphatic heterocycles. The zero-order valence-corrected chi connectivity index (χ0v) is 17.3. The number of hydrogen-bond donors (Lipinski definition) is 6. The van der Waals surface area contributed by atoms with Crippen LogP contribution >= 0.6 is 0 Å². The lowest BCUT2D eigenvalue weighted by Crippen LogP contribution is -2.12. The number of nitrogens with two attached hydrogens (primary N) is 2. The number of anilines is 1. The van der Waals surface area contributed by atoms with Crippen molar-refractivity contribution in [3.8, 4) is 5.75 Å². The molecule has 0 aliphatic rings. The van der Waals surface area contributed by atoms with E-state index in [0.29, 0.717) is 35.6 Å². The minimum atomic E-state index is -0.156. The Morgan fingerprint density at radius 1 is 1.00 bits per heavy atom. The van der Waals surface area contributed by atoms with E-state index in [1.807, 2.05) is 31.2 Å². The lowest BCUT2D eigenvalue weighted by Gasteiger charge is -2.18. The molecule has 8 nitrogen and oxygen atoms in total. The molecule has 31 heavy (non-hydrogen) atoms. The number of pyridine rings is 1. The van der Waals surface area contributed by atoms with Crippen LogP contribution in [0, 0.1) is 17.7 Å². The number of aliphatic hydroxyl groups is 1. The number of benzene rings is 2. The molecule has 0 unspecified atom stereocenters. The van der Waals surface area contributed by atoms with E-state index in [4.69, 9.17) is 27.0 Å². The average molecular weight is 419 g/mol. The largest absolute Gasteiger partial charge is 0.487 e. The average Bonchev–Trinajstić information content (AvgIpc) is 2.77. The summed E-state index contributed by atoms with van der Waals surface area (Å²) in [5.41, 5.74) is 16.3. The van der Waals surface area contributed by atoms with Crippen molar-refractivity contribution in [3.63, 3.8) is 0 Å². The molecule has 0 atom stereocenters. The van der Waals surface area contributed by atoms with Crippen LogP contribution in [-0.2, 0) is 19.8 Å². The van der Waals surface area contributed by atoms with E-state index < -0.39 is 0 Å². The number of hydrogen-bond acceptors (Lipinski definition) is 6. The number of amidine groups is 2. The molecule has 8 N–H and O–H groups in total. The van der Waals surface area contributed by atoms with Crippen LogP contribution in [0.1, 0.15) is 33.5 Å². The van der Waals surface area contributed by atoms with Crippen LogP contribution in [0.4, 0.5) is 5.69 Å². The Bertz CT molecular complexity index is 1080. The number of nitrogens with zero attached hydrogens (tertiary/aromatic N) is 1. The summed E-state index contributed by atoms with van der Waals surface area (Å²) < 4.78 is 6.09. The molecule has 0 aliphatic carbocycles. The summed E-state index contributed by atoms with van der Waals surface area (Å²) in [6, 6.07) is 14.5. The van der Waals surface area contributed by atoms with Crippen LogP contribution in [0.2, 0.25) is 0 Å². The number of ether oxygens (including phenoxy) is 1. The van der Waals surface area contributed by atoms with Gasteiger partial charge in [-0.2, -0.15) is 0 Å². The highest BCUT2D eigenvalue weighted by Gasteiger charge is 2.14. The maximum absolute atomic E-state index is 9.80. The van der Waals surface area contributed by atoms with Crippen molar-refractivity contribution < 1.29 is 9.84 Å². The smallest absolute Gasteiger partial charge is 0.146 e. The fraction of sp³-hybridized carbons (Fsp3) is 0.174. The van der Waals surface area contributed by atoms with Gasteiger partial charge >= 0.3 is 0 Å². The Labute approximate surface area is 180 Å². The van der Waals surface area contributed by atoms with Gasteiger partial charge in [-0.15, -0.1) is 0 Å². The molecule has 0 fully saturated rings. The van der Waals surface area contributed by atoms with Crippen molar-refractivity contribution in [1.82, 2.24) is 4.98 Å². The quantitative estimate of drug-likeness (QED) is 0.232. The van der Waals surface area contributed by atoms with Gasteiger partial charge < -0.3 is 26.6 Å². The first kappa shape index (κ1) is 21.8. The summed E-state index contributed by atoms with van der Waals surface area (Å²) >= 11 is 0. The highest BCUT2D eigenvalue weighted by atomic mass is 16.5. The fourth-order valence-corrected chi connectivity index (χ4v) is 3.09. The summed E-state index contributed by atoms with van der Waals surface area (Å²) in [5, 5.41) is 28.1. The van der Waals surface area contributed by atoms with Crippen LogP contribution in [0.3, 0.4) is 0 Å². The molecule has 3 aromatic rings. The molecular formula is C23H26N6O2. The second-order valence-electron chi connectivity index (χ2n) is 7.08. The minimum Gasteiger partial charge on any atom is -0.487 e. The van der Waals surface area contributed by atoms with Crippen LogP contribution in [0.15, 0.2) is 54.7 Å². The van der Waals surface area contributed by atoms with Crippen molar-refractivity contribution in [1.29, 1.82) is 10.8 Å². The number of rotatable bonds is 9. The predicted molar refractivity (Wildman–Crippen MR) is 121 cm³/mol. The first-order valence-corrected chi connectivity index (χ1v) is 9.71. The Morgan fingerprint density at radius 2 is 1.58 bits per heavy atom. The summed E-state index contributed by atoms with van der Waals surface area (Å²) in [5.74, 6) is 0.661. The Morgan fingerprint density at radius 3 is 2.13 bits per heavy atom. The number of aryl methyl sites for hydroxylation is 1. The number of nitrogen functional groups attached to an aromatic ring is 2. The summed E-state index contributed by atoms with van der Waals surface area (Å²) in [6.45, 7) is 2.45. The lowest BCUT2D eigenvalue weighted by atomic mass is 10.1. The maximum Gasteiger partial charge on any atom is 0.146 e. The molecule has 0 amide bonds. The molecule has 160 valence electrons. The van der Waals surface area contributed by atoms with Gasteiger partial charge in [0.1, 0.15) is 24.0 Å². The van der Waals surface area contributed by atoms with E-state index in [2.05, 4.69) is 10.3 Å². The van der Waals surface area contributed by atoms with Crippen LogP contribution < -0.4 is 21.5 Å². The third-order valence-corrected chi connectivity index (χ3v) is 4.89. The molecule has 1 heterocycles. The highest BCUT2D eigenvalue weighted by molar-refractivity contribution is 5.95. The minimum absolute atomic E-state index is 0.0193. The highest BCUT2D eigenvalue weighted by Crippen LogP contribution is 2.27. The van der Waals surface area contributed by atoms with Gasteiger partial charge in [-0.25, -0.2) is 0 Å². The van der Waals surface area contributed by atoms with Gasteiger partial charge in [-0.3, -0.25) is 15.8 Å². The van der Waals surface area contributed by atoms with Crippen LogP contribution in [0.25, 0.3) is 0 Å². The van der Waals surface area contributed by atoms with E-state index in [1.165, 1.54) is 0 Å². The third-order valence-electron chi connectivity index (χ3n) is 4.89. The molecule has 0 saturated heterocycles. The van der Waals surface area contributed by atoms with E-state index in [0.717, 1.165) is 22.5 Å². The number of aromatic nitrogens is 1. The Kier molecular flexibility index (Phi) is 6.84. The van der Waals surface area contributed by atoms with Gasteiger partial charge in [0.05, 0.1) is 12.3 Å². The lowest BCUT2D eigenvalue weighted by molar-refractivity contribution is 0.273. The van der Waals surface area contributed by atoms with E-state index in [1.54, 1.807) is 30.5 Å². The molecule has 1 aromatic heterocycles. The SMILES string of the molecule is Cc1ncc(CO)c(CNc2ccc(C(=N)N)cc2)c1OCc1ccc(C(=N)N)cc1. The van der Waals surface area contributed by atoms with Gasteiger partial charge in [0, 0.05) is 40.7 Å². The van der Waals surface area contributed by atoms with Gasteiger partial charge in [-0.05, 0) is 36.8 Å². The molecule has 0 bridgehead atoms. The Hall–Kier alpha value is -3.91. The van der Waals surface area contributed by atoms with Crippen molar-refractivity contribution in [2.75, 3.05) is 5.32 Å². The fourth-order valence-electron chi connectivity index (χ4n) is 3.09. The van der Waals surface area contributed by atoms with E-state index in [9.17, 15) is 5.11 Å². The molecule has 2 aromatic carbocycles. The zero-order valence-electron chi connectivity index (χ0n) is 17.3. The maximum atomic E-state index is 9.80. The van der Waals surface area contributed by atoms with E-state index in [-0.39, 0.29) is 18.3 Å². The van der Waals surface area contributed by atoms with Gasteiger partial charge in [0.2, 0.25) is 0 Å². The number of aliphatic hydroxyl groups excluding tert-OH is 1. The second-order valence-corrected chi connectivity index (χ2v) is 7.08. The first-order valence-electron chi connectivity index (χ1n) is 9.71. The summed E-state index contributed by atoms with van der Waals surface area (Å²) in [7, 11) is 0. The van der Waals surface area contributed by atoms with Crippen molar-refractivity contribution in [3.05, 3.63) is 88.2 Å². The third kappa shape index (κ3) is 5.37. The van der Waals surface area contributed by atoms with Crippen molar-refractivity contribution >= 4 is 17.4 Å². The second kappa shape index (κ2) is 9.73. The molecule has 3 rings (SSSR count). The summed E-state index contributed by atoms with van der Waals surface area (Å²) in [6.07, 6.45) is 1.65. The molecule has 8 heteroatoms. The molecular weight excluding hydrogens is 392 g/mol. The number of nitrogens with one attached hydrogen (secondary N) is 3. The molecule has 0 radical (unpaired) electrons. The van der Waals surface area contributed by atoms with E-state index >= 15 is 0 Å². The van der Waals surface area contributed by atoms with Crippen molar-refractivity contribution in [2.45, 2.75) is 26.7 Å². The van der Waals surface area contributed by atoms with Gasteiger partial charge in [0.25, 0.3) is 0 Å². The molecule has 0 spiro atoms. The van der Waals surface area contributed by atoms with Gasteiger partial charge in [0.15, 0.2) is 0 Å². The topological polar surface area (TPSA) is 154 Å². The standard InChI is InChI=1S/C23H26N6O2/c1-14-21(31-13-15-2-4-16(5-3-15)22(24)25)20(18(12-30)10-28-14)11-29-19-8-6-17(7-9-19)23(26)27/h2-10,29-30H,11-13H2,1H3,(H3,24,25)(H3,26,27). The van der Waals surface area contributed by atoms with Crippen LogP contribution in [-0.4, -0.2) is 21.8 Å². The predicted octanol–water partition coefficient (Wildman–Crippen LogP) is 2.64. The monoisotopic (exact) mass is 418 g/mol. The molecule has 0 saturated carbocycles.